The molecule has 1 aromatic rings. The Morgan fingerprint density at radius 2 is 1.76 bits per heavy atom. The summed E-state index contributed by atoms with van der Waals surface area (Å²) in [4.78, 5) is 11.9. The van der Waals surface area contributed by atoms with Crippen LogP contribution in [0.3, 0.4) is 0 Å². The van der Waals surface area contributed by atoms with E-state index >= 15 is 0 Å². The van der Waals surface area contributed by atoms with E-state index in [1.165, 1.54) is 63.4 Å². The molecule has 6 nitrogen and oxygen atoms in total. The molecule has 0 amide bonds. The van der Waals surface area contributed by atoms with Crippen molar-refractivity contribution in [3.63, 3.8) is 0 Å². The number of nitrogens with one attached hydrogen (secondary N) is 2. The number of guanidine groups is 1. The molecule has 0 aromatic heterocycles. The van der Waals surface area contributed by atoms with Gasteiger partial charge in [0.05, 0.1) is 0 Å². The Bertz CT molecular complexity index is 595. The lowest BCUT2D eigenvalue weighted by Gasteiger charge is -2.34. The van der Waals surface area contributed by atoms with Gasteiger partial charge in [-0.25, -0.2) is 0 Å². The summed E-state index contributed by atoms with van der Waals surface area (Å²) in [5.41, 5.74) is 2.59. The molecule has 1 aliphatic rings. The fraction of sp³-hybridized carbons (Fsp3) is 0.696. The second kappa shape index (κ2) is 13.4. The molecule has 2 N–H and O–H groups in total. The highest BCUT2D eigenvalue weighted by Crippen LogP contribution is 2.14. The molecule has 1 aliphatic heterocycles. The molecule has 1 heterocycles. The van der Waals surface area contributed by atoms with Gasteiger partial charge in [-0.15, -0.1) is 0 Å². The molecular formula is C23H42N6. The Kier molecular flexibility index (Phi) is 10.9. The lowest BCUT2D eigenvalue weighted by atomic mass is 10.2. The number of piperazine rings is 1. The van der Waals surface area contributed by atoms with Gasteiger partial charge in [0, 0.05) is 65.1 Å². The van der Waals surface area contributed by atoms with Gasteiger partial charge in [-0.3, -0.25) is 4.99 Å². The molecule has 164 valence electrons. The van der Waals surface area contributed by atoms with Crippen LogP contribution in [0.1, 0.15) is 32.3 Å². The molecule has 1 saturated heterocycles. The van der Waals surface area contributed by atoms with Gasteiger partial charge in [-0.05, 0) is 57.5 Å². The van der Waals surface area contributed by atoms with Crippen LogP contribution in [0.5, 0.6) is 0 Å². The number of rotatable bonds is 11. The minimum atomic E-state index is 0.878. The van der Waals surface area contributed by atoms with Crippen molar-refractivity contribution in [1.29, 1.82) is 0 Å². The van der Waals surface area contributed by atoms with E-state index in [4.69, 9.17) is 0 Å². The SMILES string of the molecule is CCN1CCN(CCCCNC(=NC)NCCN(CC)c2cccc(C)c2)CC1. The molecule has 0 unspecified atom stereocenters. The average Bonchev–Trinajstić information content (AvgIpc) is 2.75. The molecule has 1 aromatic carbocycles. The Morgan fingerprint density at radius 1 is 1.03 bits per heavy atom. The van der Waals surface area contributed by atoms with E-state index < -0.39 is 0 Å². The van der Waals surface area contributed by atoms with Gasteiger partial charge in [0.15, 0.2) is 5.96 Å². The van der Waals surface area contributed by atoms with Crippen LogP contribution in [0.15, 0.2) is 29.3 Å². The zero-order valence-corrected chi connectivity index (χ0v) is 19.1. The number of anilines is 1. The summed E-state index contributed by atoms with van der Waals surface area (Å²) in [7, 11) is 1.85. The van der Waals surface area contributed by atoms with Crippen LogP contribution in [0, 0.1) is 6.92 Å². The summed E-state index contributed by atoms with van der Waals surface area (Å²) >= 11 is 0. The van der Waals surface area contributed by atoms with Crippen molar-refractivity contribution in [2.24, 2.45) is 4.99 Å². The largest absolute Gasteiger partial charge is 0.370 e. The molecule has 0 saturated carbocycles. The second-order valence-corrected chi connectivity index (χ2v) is 7.83. The summed E-state index contributed by atoms with van der Waals surface area (Å²) in [5.74, 6) is 0.904. The number of likely N-dealkylation sites (N-methyl/N-ethyl adjacent to an activating group) is 2. The van der Waals surface area contributed by atoms with Crippen LogP contribution in [0.4, 0.5) is 5.69 Å². The summed E-state index contributed by atoms with van der Waals surface area (Å²) in [6.45, 7) is 17.7. The topological polar surface area (TPSA) is 46.1 Å². The molecule has 1 fully saturated rings. The number of aliphatic imine (C=N–C) groups is 1. The third kappa shape index (κ3) is 8.62. The molecule has 6 heteroatoms. The molecule has 0 radical (unpaired) electrons. The highest BCUT2D eigenvalue weighted by Gasteiger charge is 2.14. The minimum Gasteiger partial charge on any atom is -0.370 e. The monoisotopic (exact) mass is 402 g/mol. The van der Waals surface area contributed by atoms with Crippen LogP contribution in [0.2, 0.25) is 0 Å². The zero-order chi connectivity index (χ0) is 20.9. The summed E-state index contributed by atoms with van der Waals surface area (Å²) < 4.78 is 0. The van der Waals surface area contributed by atoms with Crippen molar-refractivity contribution in [2.75, 3.05) is 77.4 Å². The Labute approximate surface area is 178 Å². The maximum atomic E-state index is 4.36. The third-order valence-corrected chi connectivity index (χ3v) is 5.75. The lowest BCUT2D eigenvalue weighted by Crippen LogP contribution is -2.46. The minimum absolute atomic E-state index is 0.878. The normalized spacial score (nSPS) is 16.1. The summed E-state index contributed by atoms with van der Waals surface area (Å²) in [6.07, 6.45) is 2.42. The van der Waals surface area contributed by atoms with Crippen LogP contribution < -0.4 is 15.5 Å². The van der Waals surface area contributed by atoms with Gasteiger partial charge < -0.3 is 25.3 Å². The van der Waals surface area contributed by atoms with E-state index in [0.29, 0.717) is 0 Å². The van der Waals surface area contributed by atoms with Gasteiger partial charge in [0.25, 0.3) is 0 Å². The maximum Gasteiger partial charge on any atom is 0.191 e. The number of benzene rings is 1. The summed E-state index contributed by atoms with van der Waals surface area (Å²) in [6, 6.07) is 8.71. The smallest absolute Gasteiger partial charge is 0.191 e. The van der Waals surface area contributed by atoms with Crippen LogP contribution >= 0.6 is 0 Å². The van der Waals surface area contributed by atoms with Crippen molar-refractivity contribution < 1.29 is 0 Å². The van der Waals surface area contributed by atoms with Gasteiger partial charge in [-0.2, -0.15) is 0 Å². The molecule has 0 aliphatic carbocycles. The second-order valence-electron chi connectivity index (χ2n) is 7.83. The fourth-order valence-electron chi connectivity index (χ4n) is 3.82. The predicted octanol–water partition coefficient (Wildman–Crippen LogP) is 2.40. The number of nitrogens with zero attached hydrogens (tertiary/aromatic N) is 4. The van der Waals surface area contributed by atoms with Gasteiger partial charge in [-0.1, -0.05) is 19.1 Å². The van der Waals surface area contributed by atoms with E-state index in [2.05, 4.69) is 75.4 Å². The van der Waals surface area contributed by atoms with E-state index in [1.54, 1.807) is 0 Å². The number of aryl methyl sites for hydroxylation is 1. The standard InChI is InChI=1S/C23H42N6/c1-5-27-16-18-28(19-17-27)14-8-7-12-25-23(24-4)26-13-15-29(6-2)22-11-9-10-21(3)20-22/h9-11,20H,5-8,12-19H2,1-4H3,(H2,24,25,26). The molecule has 0 bridgehead atoms. The van der Waals surface area contributed by atoms with E-state index in [1.807, 2.05) is 7.05 Å². The first-order chi connectivity index (χ1) is 14.2. The van der Waals surface area contributed by atoms with Crippen molar-refractivity contribution in [3.8, 4) is 0 Å². The van der Waals surface area contributed by atoms with Crippen LogP contribution in [-0.2, 0) is 0 Å². The van der Waals surface area contributed by atoms with E-state index in [9.17, 15) is 0 Å². The van der Waals surface area contributed by atoms with Crippen LogP contribution in [-0.4, -0.2) is 88.3 Å². The van der Waals surface area contributed by atoms with Crippen molar-refractivity contribution in [3.05, 3.63) is 29.8 Å². The Morgan fingerprint density at radius 3 is 2.41 bits per heavy atom. The number of hydrogen-bond acceptors (Lipinski definition) is 4. The molecular weight excluding hydrogens is 360 g/mol. The first kappa shape index (κ1) is 23.5. The fourth-order valence-corrected chi connectivity index (χ4v) is 3.82. The Balaban J connectivity index is 1.58. The van der Waals surface area contributed by atoms with Gasteiger partial charge >= 0.3 is 0 Å². The van der Waals surface area contributed by atoms with Gasteiger partial charge in [0.2, 0.25) is 0 Å². The van der Waals surface area contributed by atoms with E-state index in [0.717, 1.165) is 32.1 Å². The van der Waals surface area contributed by atoms with Crippen molar-refractivity contribution in [2.45, 2.75) is 33.6 Å². The first-order valence-electron chi connectivity index (χ1n) is 11.4. The first-order valence-corrected chi connectivity index (χ1v) is 11.4. The molecule has 0 spiro atoms. The Hall–Kier alpha value is -1.79. The van der Waals surface area contributed by atoms with Crippen molar-refractivity contribution >= 4 is 11.6 Å². The zero-order valence-electron chi connectivity index (χ0n) is 19.1. The molecule has 0 atom stereocenters. The maximum absolute atomic E-state index is 4.36. The van der Waals surface area contributed by atoms with E-state index in [-0.39, 0.29) is 0 Å². The molecule has 29 heavy (non-hydrogen) atoms. The quantitative estimate of drug-likeness (QED) is 0.338. The average molecular weight is 403 g/mol. The van der Waals surface area contributed by atoms with Crippen LogP contribution in [0.25, 0.3) is 0 Å². The summed E-state index contributed by atoms with van der Waals surface area (Å²) in [5, 5.41) is 6.91. The molecule has 2 rings (SSSR count). The van der Waals surface area contributed by atoms with Gasteiger partial charge in [0.1, 0.15) is 0 Å². The van der Waals surface area contributed by atoms with Crippen molar-refractivity contribution in [1.82, 2.24) is 20.4 Å². The highest BCUT2D eigenvalue weighted by molar-refractivity contribution is 5.79. The third-order valence-electron chi connectivity index (χ3n) is 5.75. The highest BCUT2D eigenvalue weighted by atomic mass is 15.3. The number of unbranched alkanes of at least 4 members (excludes halogenated alkanes) is 1. The predicted molar refractivity (Wildman–Crippen MR) is 126 cm³/mol. The number of hydrogen-bond donors (Lipinski definition) is 2. The lowest BCUT2D eigenvalue weighted by molar-refractivity contribution is 0.136.